The molecule has 0 unspecified atom stereocenters. The van der Waals surface area contributed by atoms with Crippen molar-refractivity contribution < 1.29 is 19.5 Å². The van der Waals surface area contributed by atoms with Crippen molar-refractivity contribution in [2.45, 2.75) is 79.4 Å². The molecule has 30 heavy (non-hydrogen) atoms. The fourth-order valence-corrected chi connectivity index (χ4v) is 3.88. The first-order valence-corrected chi connectivity index (χ1v) is 10.9. The minimum atomic E-state index is -1.00. The van der Waals surface area contributed by atoms with E-state index in [1.807, 2.05) is 41.7 Å². The van der Waals surface area contributed by atoms with E-state index in [0.717, 1.165) is 19.4 Å². The van der Waals surface area contributed by atoms with Gasteiger partial charge in [-0.25, -0.2) is 4.79 Å². The summed E-state index contributed by atoms with van der Waals surface area (Å²) in [6.07, 6.45) is 3.46. The highest BCUT2D eigenvalue weighted by Crippen LogP contribution is 2.26. The summed E-state index contributed by atoms with van der Waals surface area (Å²) in [4.78, 5) is 41.5. The molecule has 2 N–H and O–H groups in total. The summed E-state index contributed by atoms with van der Waals surface area (Å²) in [6, 6.07) is -1.33. The van der Waals surface area contributed by atoms with Crippen molar-refractivity contribution in [3.63, 3.8) is 0 Å². The molecule has 1 aliphatic rings. The third kappa shape index (κ3) is 6.83. The van der Waals surface area contributed by atoms with Gasteiger partial charge in [-0.05, 0) is 50.6 Å². The minimum Gasteiger partial charge on any atom is -0.478 e. The molecule has 0 bridgehead atoms. The van der Waals surface area contributed by atoms with Crippen LogP contribution in [-0.2, 0) is 14.4 Å². The van der Waals surface area contributed by atoms with E-state index < -0.39 is 17.4 Å². The predicted molar refractivity (Wildman–Crippen MR) is 119 cm³/mol. The predicted octanol–water partition coefficient (Wildman–Crippen LogP) is 2.76. The molecule has 1 saturated heterocycles. The van der Waals surface area contributed by atoms with Crippen LogP contribution in [0.5, 0.6) is 0 Å². The highest BCUT2D eigenvalue weighted by atomic mass is 16.4. The molecular weight excluding hydrogens is 382 g/mol. The van der Waals surface area contributed by atoms with E-state index in [1.165, 1.54) is 6.92 Å². The van der Waals surface area contributed by atoms with Gasteiger partial charge >= 0.3 is 5.97 Å². The number of rotatable bonds is 7. The molecule has 1 rings (SSSR count). The summed E-state index contributed by atoms with van der Waals surface area (Å²) in [5.74, 6) is -0.844. The van der Waals surface area contributed by atoms with Crippen molar-refractivity contribution in [1.29, 1.82) is 0 Å². The first kappa shape index (κ1) is 26.1. The summed E-state index contributed by atoms with van der Waals surface area (Å²) in [5.41, 5.74) is -0.296. The molecule has 7 heteroatoms. The third-order valence-corrected chi connectivity index (χ3v) is 6.07. The van der Waals surface area contributed by atoms with Crippen molar-refractivity contribution >= 4 is 17.8 Å². The second kappa shape index (κ2) is 10.4. The number of likely N-dealkylation sites (N-methyl/N-ethyl adjacent to an activating group) is 2. The molecule has 0 aliphatic carbocycles. The van der Waals surface area contributed by atoms with Gasteiger partial charge in [0, 0.05) is 12.6 Å². The number of hydrogen-bond donors (Lipinski definition) is 2. The Morgan fingerprint density at radius 3 is 2.27 bits per heavy atom. The smallest absolute Gasteiger partial charge is 0.331 e. The number of carboxylic acid groups (broad SMARTS) is 1. The van der Waals surface area contributed by atoms with Crippen LogP contribution in [0.15, 0.2) is 11.6 Å². The molecule has 7 nitrogen and oxygen atoms in total. The number of nitrogens with zero attached hydrogens (tertiary/aromatic N) is 2. The Hall–Kier alpha value is -1.89. The molecule has 0 radical (unpaired) electrons. The van der Waals surface area contributed by atoms with E-state index in [9.17, 15) is 19.5 Å². The van der Waals surface area contributed by atoms with Crippen LogP contribution < -0.4 is 5.32 Å². The van der Waals surface area contributed by atoms with Gasteiger partial charge in [-0.2, -0.15) is 0 Å². The lowest BCUT2D eigenvalue weighted by Crippen LogP contribution is -2.60. The van der Waals surface area contributed by atoms with Gasteiger partial charge in [-0.3, -0.25) is 14.5 Å². The number of nitrogens with one attached hydrogen (secondary N) is 1. The number of carbonyl (C=O) groups excluding carboxylic acids is 2. The zero-order valence-electron chi connectivity index (χ0n) is 20.2. The van der Waals surface area contributed by atoms with Crippen molar-refractivity contribution in [3.8, 4) is 0 Å². The summed E-state index contributed by atoms with van der Waals surface area (Å²) >= 11 is 0. The van der Waals surface area contributed by atoms with Gasteiger partial charge in [0.15, 0.2) is 0 Å². The zero-order chi connectivity index (χ0) is 23.4. The van der Waals surface area contributed by atoms with E-state index in [4.69, 9.17) is 0 Å². The molecule has 0 saturated carbocycles. The number of likely N-dealkylation sites (tertiary alicyclic amines) is 1. The van der Waals surface area contributed by atoms with Crippen LogP contribution in [0.3, 0.4) is 0 Å². The van der Waals surface area contributed by atoms with Crippen LogP contribution in [0.4, 0.5) is 0 Å². The van der Waals surface area contributed by atoms with Gasteiger partial charge in [0.2, 0.25) is 11.8 Å². The molecule has 0 aromatic heterocycles. The van der Waals surface area contributed by atoms with Crippen LogP contribution in [0.1, 0.15) is 61.3 Å². The fourth-order valence-electron chi connectivity index (χ4n) is 3.88. The molecule has 1 aliphatic heterocycles. The van der Waals surface area contributed by atoms with Gasteiger partial charge in [0.05, 0.1) is 12.1 Å². The topological polar surface area (TPSA) is 90.0 Å². The molecule has 172 valence electrons. The standard InChI is InChI=1S/C23H41N3O4/c1-14(2)17(13-16(4)22(29)30)26(9)21(28)19(23(5,6)7)24-20(27)18-12-15(3)10-11-25(18)8/h13-15,17-19H,10-12H2,1-9H3,(H,24,27)(H,29,30)/b16-13+/t15-,17+,18+,19+/m0/s1. The molecule has 4 atom stereocenters. The lowest BCUT2D eigenvalue weighted by molar-refractivity contribution is -0.141. The molecule has 0 aromatic rings. The summed E-state index contributed by atoms with van der Waals surface area (Å²) < 4.78 is 0. The second-order valence-electron chi connectivity index (χ2n) is 10.3. The van der Waals surface area contributed by atoms with E-state index in [1.54, 1.807) is 18.0 Å². The lowest BCUT2D eigenvalue weighted by atomic mass is 9.84. The van der Waals surface area contributed by atoms with E-state index >= 15 is 0 Å². The Labute approximate surface area is 181 Å². The maximum Gasteiger partial charge on any atom is 0.331 e. The number of hydrogen-bond acceptors (Lipinski definition) is 4. The second-order valence-corrected chi connectivity index (χ2v) is 10.3. The molecular formula is C23H41N3O4. The summed E-state index contributed by atoms with van der Waals surface area (Å²) in [6.45, 7) is 14.2. The number of carboxylic acids is 1. The summed E-state index contributed by atoms with van der Waals surface area (Å²) in [7, 11) is 3.63. The average Bonchev–Trinajstić information content (AvgIpc) is 2.63. The fraction of sp³-hybridized carbons (Fsp3) is 0.783. The normalized spacial score (nSPS) is 23.1. The van der Waals surface area contributed by atoms with E-state index in [0.29, 0.717) is 5.92 Å². The van der Waals surface area contributed by atoms with Gasteiger partial charge in [-0.15, -0.1) is 0 Å². The first-order chi connectivity index (χ1) is 13.7. The minimum absolute atomic E-state index is 0.0231. The summed E-state index contributed by atoms with van der Waals surface area (Å²) in [5, 5.41) is 12.3. The van der Waals surface area contributed by atoms with E-state index in [2.05, 4.69) is 17.1 Å². The van der Waals surface area contributed by atoms with Crippen LogP contribution >= 0.6 is 0 Å². The van der Waals surface area contributed by atoms with Crippen LogP contribution in [0.2, 0.25) is 0 Å². The number of carbonyl (C=O) groups is 3. The quantitative estimate of drug-likeness (QED) is 0.615. The highest BCUT2D eigenvalue weighted by Gasteiger charge is 2.39. The van der Waals surface area contributed by atoms with Crippen LogP contribution in [0, 0.1) is 17.3 Å². The maximum absolute atomic E-state index is 13.5. The monoisotopic (exact) mass is 423 g/mol. The van der Waals surface area contributed by atoms with Crippen LogP contribution in [0.25, 0.3) is 0 Å². The molecule has 2 amide bonds. The van der Waals surface area contributed by atoms with Crippen molar-refractivity contribution in [1.82, 2.24) is 15.1 Å². The third-order valence-electron chi connectivity index (χ3n) is 6.07. The molecule has 1 heterocycles. The van der Waals surface area contributed by atoms with Crippen molar-refractivity contribution in [2.75, 3.05) is 20.6 Å². The largest absolute Gasteiger partial charge is 0.478 e. The molecule has 0 aromatic carbocycles. The van der Waals surface area contributed by atoms with Gasteiger partial charge in [0.25, 0.3) is 0 Å². The van der Waals surface area contributed by atoms with Gasteiger partial charge in [-0.1, -0.05) is 47.6 Å². The van der Waals surface area contributed by atoms with Gasteiger partial charge < -0.3 is 15.3 Å². The Kier molecular flexibility index (Phi) is 9.08. The number of piperidine rings is 1. The molecule has 0 spiro atoms. The lowest BCUT2D eigenvalue weighted by Gasteiger charge is -2.40. The maximum atomic E-state index is 13.5. The Morgan fingerprint density at radius 2 is 1.80 bits per heavy atom. The Balaban J connectivity index is 3.12. The Bertz CT molecular complexity index is 666. The highest BCUT2D eigenvalue weighted by molar-refractivity contribution is 5.91. The van der Waals surface area contributed by atoms with Gasteiger partial charge in [0.1, 0.15) is 6.04 Å². The number of amides is 2. The SMILES string of the molecule is C/C(=C\[C@H](C(C)C)N(C)C(=O)[C@@H](NC(=O)[C@H]1C[C@@H](C)CCN1C)C(C)(C)C)C(=O)O. The number of aliphatic carboxylic acids is 1. The average molecular weight is 424 g/mol. The zero-order valence-corrected chi connectivity index (χ0v) is 20.2. The molecule has 1 fully saturated rings. The van der Waals surface area contributed by atoms with Crippen molar-refractivity contribution in [3.05, 3.63) is 11.6 Å². The van der Waals surface area contributed by atoms with Crippen molar-refractivity contribution in [2.24, 2.45) is 17.3 Å². The van der Waals surface area contributed by atoms with Crippen LogP contribution in [-0.4, -0.2) is 71.5 Å². The van der Waals surface area contributed by atoms with E-state index in [-0.39, 0.29) is 35.4 Å². The first-order valence-electron chi connectivity index (χ1n) is 10.9. The Morgan fingerprint density at radius 1 is 1.23 bits per heavy atom.